The summed E-state index contributed by atoms with van der Waals surface area (Å²) in [4.78, 5) is 0. The summed E-state index contributed by atoms with van der Waals surface area (Å²) >= 11 is 0. The molecule has 7 nitrogen and oxygen atoms in total. The molecule has 2 N–H and O–H groups in total. The number of ether oxygens (including phenoxy) is 5. The summed E-state index contributed by atoms with van der Waals surface area (Å²) in [6.07, 6.45) is -2.26. The number of hydrogen-bond donors (Lipinski definition) is 2. The average Bonchev–Trinajstić information content (AvgIpc) is 2.83. The van der Waals surface area contributed by atoms with Gasteiger partial charge in [-0.2, -0.15) is 0 Å². The van der Waals surface area contributed by atoms with E-state index >= 15 is 0 Å². The number of hydrogen-bond acceptors (Lipinski definition) is 7. The number of fused-ring (bicyclic) bond motifs is 1. The Labute approximate surface area is 194 Å². The summed E-state index contributed by atoms with van der Waals surface area (Å²) in [6, 6.07) is 14.8. The highest BCUT2D eigenvalue weighted by Gasteiger charge is 2.26. The van der Waals surface area contributed by atoms with Gasteiger partial charge in [0.15, 0.2) is 6.29 Å². The largest absolute Gasteiger partial charge is 0.507 e. The minimum absolute atomic E-state index is 0.0960. The van der Waals surface area contributed by atoms with E-state index in [1.165, 1.54) is 7.11 Å². The Bertz CT molecular complexity index is 1050. The van der Waals surface area contributed by atoms with E-state index in [9.17, 15) is 10.2 Å². The second-order valence-electron chi connectivity index (χ2n) is 7.65. The maximum atomic E-state index is 11.1. The highest BCUT2D eigenvalue weighted by Crippen LogP contribution is 2.46. The second kappa shape index (κ2) is 11.2. The highest BCUT2D eigenvalue weighted by atomic mass is 16.7. The molecule has 0 heterocycles. The van der Waals surface area contributed by atoms with Gasteiger partial charge in [0.1, 0.15) is 35.7 Å². The van der Waals surface area contributed by atoms with Gasteiger partial charge in [-0.25, -0.2) is 0 Å². The van der Waals surface area contributed by atoms with Gasteiger partial charge in [0, 0.05) is 23.6 Å². The Kier molecular flexibility index (Phi) is 8.38. The molecule has 3 rings (SSSR count). The van der Waals surface area contributed by atoms with E-state index in [2.05, 4.69) is 0 Å². The molecule has 3 aromatic rings. The number of benzene rings is 3. The average molecular weight is 457 g/mol. The van der Waals surface area contributed by atoms with Gasteiger partial charge in [0.2, 0.25) is 0 Å². The molecule has 0 fully saturated rings. The van der Waals surface area contributed by atoms with Gasteiger partial charge in [-0.3, -0.25) is 0 Å². The quantitative estimate of drug-likeness (QED) is 0.394. The van der Waals surface area contributed by atoms with Crippen molar-refractivity contribution in [1.29, 1.82) is 0 Å². The fraction of sp³-hybridized carbons (Fsp3) is 0.385. The minimum atomic E-state index is -1.12. The van der Waals surface area contributed by atoms with Crippen molar-refractivity contribution in [3.63, 3.8) is 0 Å². The molecule has 3 atom stereocenters. The molecule has 178 valence electrons. The van der Waals surface area contributed by atoms with Crippen LogP contribution in [0.5, 0.6) is 23.0 Å². The van der Waals surface area contributed by atoms with Crippen LogP contribution in [0.3, 0.4) is 0 Å². The Hall–Kier alpha value is -3.00. The predicted molar refractivity (Wildman–Crippen MR) is 126 cm³/mol. The first-order valence-corrected chi connectivity index (χ1v) is 10.9. The molecule has 0 saturated carbocycles. The first kappa shape index (κ1) is 24.6. The fourth-order valence-corrected chi connectivity index (χ4v) is 3.74. The number of aliphatic hydroxyl groups is 1. The Morgan fingerprint density at radius 3 is 2.24 bits per heavy atom. The second-order valence-corrected chi connectivity index (χ2v) is 7.65. The van der Waals surface area contributed by atoms with Gasteiger partial charge in [-0.05, 0) is 38.5 Å². The van der Waals surface area contributed by atoms with Gasteiger partial charge in [-0.15, -0.1) is 0 Å². The van der Waals surface area contributed by atoms with E-state index in [1.54, 1.807) is 39.2 Å². The zero-order chi connectivity index (χ0) is 24.0. The van der Waals surface area contributed by atoms with Crippen LogP contribution in [0.1, 0.15) is 38.0 Å². The summed E-state index contributed by atoms with van der Waals surface area (Å²) in [5, 5.41) is 23.1. The number of phenols is 1. The topological polar surface area (TPSA) is 86.6 Å². The lowest BCUT2D eigenvalue weighted by molar-refractivity contribution is -0.176. The molecule has 0 spiro atoms. The smallest absolute Gasteiger partial charge is 0.155 e. The van der Waals surface area contributed by atoms with Crippen LogP contribution < -0.4 is 14.2 Å². The molecule has 33 heavy (non-hydrogen) atoms. The maximum absolute atomic E-state index is 11.1. The van der Waals surface area contributed by atoms with Crippen molar-refractivity contribution in [3.05, 3.63) is 59.7 Å². The van der Waals surface area contributed by atoms with Gasteiger partial charge in [0.25, 0.3) is 0 Å². The Morgan fingerprint density at radius 2 is 1.61 bits per heavy atom. The third kappa shape index (κ3) is 5.68. The van der Waals surface area contributed by atoms with Crippen molar-refractivity contribution in [2.24, 2.45) is 0 Å². The molecule has 0 bridgehead atoms. The number of aromatic hydroxyl groups is 1. The molecular formula is C26H32O7. The van der Waals surface area contributed by atoms with Crippen molar-refractivity contribution in [2.45, 2.75) is 45.9 Å². The monoisotopic (exact) mass is 456 g/mol. The first-order chi connectivity index (χ1) is 15.9. The van der Waals surface area contributed by atoms with Crippen LogP contribution in [-0.2, 0) is 16.1 Å². The lowest BCUT2D eigenvalue weighted by Gasteiger charge is -2.25. The maximum Gasteiger partial charge on any atom is 0.155 e. The molecule has 7 heteroatoms. The van der Waals surface area contributed by atoms with Crippen molar-refractivity contribution in [1.82, 2.24) is 0 Å². The van der Waals surface area contributed by atoms with Crippen LogP contribution in [-0.4, -0.2) is 43.4 Å². The summed E-state index contributed by atoms with van der Waals surface area (Å²) in [5.74, 6) is 1.36. The molecule has 0 aliphatic rings. The molecule has 0 unspecified atom stereocenters. The van der Waals surface area contributed by atoms with E-state index in [-0.39, 0.29) is 11.3 Å². The zero-order valence-electron chi connectivity index (χ0n) is 19.7. The van der Waals surface area contributed by atoms with E-state index < -0.39 is 18.5 Å². The molecular weight excluding hydrogens is 424 g/mol. The van der Waals surface area contributed by atoms with E-state index in [0.29, 0.717) is 41.2 Å². The van der Waals surface area contributed by atoms with Crippen molar-refractivity contribution in [3.8, 4) is 23.0 Å². The van der Waals surface area contributed by atoms with Crippen LogP contribution in [0, 0.1) is 0 Å². The van der Waals surface area contributed by atoms with Crippen LogP contribution in [0.2, 0.25) is 0 Å². The third-order valence-electron chi connectivity index (χ3n) is 5.40. The predicted octanol–water partition coefficient (Wildman–Crippen LogP) is 4.96. The number of methoxy groups -OCH3 is 2. The van der Waals surface area contributed by atoms with Gasteiger partial charge >= 0.3 is 0 Å². The van der Waals surface area contributed by atoms with E-state index in [1.807, 2.05) is 37.3 Å². The van der Waals surface area contributed by atoms with Crippen LogP contribution in [0.15, 0.2) is 48.5 Å². The van der Waals surface area contributed by atoms with E-state index in [4.69, 9.17) is 23.7 Å². The lowest BCUT2D eigenvalue weighted by atomic mass is 9.97. The Balaban J connectivity index is 2.01. The molecule has 0 radical (unpaired) electrons. The molecule has 0 amide bonds. The van der Waals surface area contributed by atoms with Crippen molar-refractivity contribution >= 4 is 10.8 Å². The van der Waals surface area contributed by atoms with Gasteiger partial charge < -0.3 is 33.9 Å². The summed E-state index contributed by atoms with van der Waals surface area (Å²) in [7, 11) is 3.07. The zero-order valence-corrected chi connectivity index (χ0v) is 19.7. The third-order valence-corrected chi connectivity index (χ3v) is 5.40. The summed E-state index contributed by atoms with van der Waals surface area (Å²) in [6.45, 7) is 6.19. The molecule has 0 aliphatic heterocycles. The Morgan fingerprint density at radius 1 is 0.939 bits per heavy atom. The molecule has 3 aromatic carbocycles. The summed E-state index contributed by atoms with van der Waals surface area (Å²) in [5.41, 5.74) is 1.29. The van der Waals surface area contributed by atoms with Gasteiger partial charge in [0.05, 0.1) is 25.7 Å². The summed E-state index contributed by atoms with van der Waals surface area (Å²) < 4.78 is 28.2. The molecule has 0 saturated heterocycles. The number of rotatable bonds is 11. The molecule has 0 aliphatic carbocycles. The SMILES string of the molecule is CCO[C@@H](C)O[C@H](C)[C@@H](O)c1cc(OC)c2c(OC)cc(OCc3ccccc3)cc2c1O. The fourth-order valence-electron chi connectivity index (χ4n) is 3.74. The first-order valence-electron chi connectivity index (χ1n) is 10.9. The lowest BCUT2D eigenvalue weighted by Crippen LogP contribution is -2.25. The minimum Gasteiger partial charge on any atom is -0.507 e. The molecule has 0 aromatic heterocycles. The van der Waals surface area contributed by atoms with E-state index in [0.717, 1.165) is 5.56 Å². The van der Waals surface area contributed by atoms with Crippen LogP contribution in [0.25, 0.3) is 10.8 Å². The standard InChI is InChI=1S/C26H32O7/c1-6-31-17(3)33-16(2)25(27)21-14-23(30-5)24-20(26(21)28)12-19(13-22(24)29-4)32-15-18-10-8-7-9-11-18/h7-14,16-17,25,27-28H,6,15H2,1-5H3/t16-,17-,25-/m1/s1. The number of aliphatic hydroxyl groups excluding tert-OH is 1. The van der Waals surface area contributed by atoms with Gasteiger partial charge in [-0.1, -0.05) is 30.3 Å². The van der Waals surface area contributed by atoms with Crippen LogP contribution >= 0.6 is 0 Å². The normalized spacial score (nSPS) is 14.0. The van der Waals surface area contributed by atoms with Crippen molar-refractivity contribution in [2.75, 3.05) is 20.8 Å². The number of phenolic OH excluding ortho intramolecular Hbond substituents is 1. The van der Waals surface area contributed by atoms with Crippen LogP contribution in [0.4, 0.5) is 0 Å². The highest BCUT2D eigenvalue weighted by molar-refractivity contribution is 6.00. The van der Waals surface area contributed by atoms with Crippen molar-refractivity contribution < 1.29 is 33.9 Å².